The maximum Gasteiger partial charge on any atom is 0.234 e. The third kappa shape index (κ3) is 5.45. The van der Waals surface area contributed by atoms with Crippen molar-refractivity contribution < 1.29 is 9.18 Å². The summed E-state index contributed by atoms with van der Waals surface area (Å²) < 4.78 is 13.7. The number of halogens is 1. The van der Waals surface area contributed by atoms with E-state index in [1.54, 1.807) is 31.5 Å². The van der Waals surface area contributed by atoms with Crippen molar-refractivity contribution in [1.29, 1.82) is 0 Å². The van der Waals surface area contributed by atoms with Crippen molar-refractivity contribution in [2.45, 2.75) is 25.8 Å². The molecule has 0 aliphatic carbocycles. The monoisotopic (exact) mass is 465 g/mol. The van der Waals surface area contributed by atoms with Crippen LogP contribution in [0.4, 0.5) is 21.6 Å². The molecule has 1 amide bonds. The van der Waals surface area contributed by atoms with Crippen molar-refractivity contribution in [3.8, 4) is 0 Å². The number of aryl methyl sites for hydroxylation is 2. The number of nitrogens with zero attached hydrogens (tertiary/aromatic N) is 4. The summed E-state index contributed by atoms with van der Waals surface area (Å²) in [5.74, 6) is 0.428. The van der Waals surface area contributed by atoms with E-state index in [2.05, 4.69) is 57.1 Å². The molecule has 0 radical (unpaired) electrons. The van der Waals surface area contributed by atoms with Crippen LogP contribution in [0.5, 0.6) is 0 Å². The fourth-order valence-corrected chi connectivity index (χ4v) is 4.66. The van der Waals surface area contributed by atoms with E-state index >= 15 is 0 Å². The summed E-state index contributed by atoms with van der Waals surface area (Å²) in [7, 11) is 0. The van der Waals surface area contributed by atoms with Gasteiger partial charge < -0.3 is 15.1 Å². The normalized spacial score (nSPS) is 13.8. The number of rotatable bonds is 6. The Morgan fingerprint density at radius 2 is 1.73 bits per heavy atom. The van der Waals surface area contributed by atoms with Crippen LogP contribution in [0, 0.1) is 26.6 Å². The van der Waals surface area contributed by atoms with Gasteiger partial charge in [0.25, 0.3) is 0 Å². The first kappa shape index (κ1) is 23.0. The minimum atomic E-state index is -0.336. The van der Waals surface area contributed by atoms with E-state index in [0.29, 0.717) is 11.3 Å². The van der Waals surface area contributed by atoms with E-state index in [0.717, 1.165) is 37.0 Å². The van der Waals surface area contributed by atoms with Gasteiger partial charge in [-0.2, -0.15) is 0 Å². The Morgan fingerprint density at radius 1 is 1.00 bits per heavy atom. The van der Waals surface area contributed by atoms with Gasteiger partial charge in [-0.25, -0.2) is 14.4 Å². The zero-order valence-electron chi connectivity index (χ0n) is 19.1. The second-order valence-corrected chi connectivity index (χ2v) is 9.14. The smallest absolute Gasteiger partial charge is 0.234 e. The van der Waals surface area contributed by atoms with Crippen LogP contribution < -0.4 is 15.1 Å². The van der Waals surface area contributed by atoms with Gasteiger partial charge in [-0.05, 0) is 55.7 Å². The van der Waals surface area contributed by atoms with Crippen LogP contribution in [0.25, 0.3) is 0 Å². The van der Waals surface area contributed by atoms with Crippen LogP contribution in [0.3, 0.4) is 0 Å². The third-order valence-corrected chi connectivity index (χ3v) is 6.91. The number of hydrogen-bond acceptors (Lipinski definition) is 6. The molecule has 172 valence electrons. The highest BCUT2D eigenvalue weighted by Gasteiger charge is 2.22. The molecule has 4 rings (SSSR count). The van der Waals surface area contributed by atoms with E-state index in [-0.39, 0.29) is 17.5 Å². The molecule has 0 atom stereocenters. The Kier molecular flexibility index (Phi) is 7.13. The molecule has 6 nitrogen and oxygen atoms in total. The molecule has 0 spiro atoms. The SMILES string of the molecule is Cc1ccc(NC(=O)CSc2nccnc2N2CCN(c3cccc(C)c3C)CC2)cc1F. The first-order valence-corrected chi connectivity index (χ1v) is 12.0. The quantitative estimate of drug-likeness (QED) is 0.537. The molecule has 1 aromatic heterocycles. The lowest BCUT2D eigenvalue weighted by atomic mass is 10.1. The molecule has 1 saturated heterocycles. The second-order valence-electron chi connectivity index (χ2n) is 8.18. The summed E-state index contributed by atoms with van der Waals surface area (Å²) in [4.78, 5) is 26.1. The fourth-order valence-electron chi connectivity index (χ4n) is 3.88. The second kappa shape index (κ2) is 10.2. The van der Waals surface area contributed by atoms with Crippen molar-refractivity contribution in [1.82, 2.24) is 9.97 Å². The summed E-state index contributed by atoms with van der Waals surface area (Å²) >= 11 is 1.34. The molecule has 0 bridgehead atoms. The van der Waals surface area contributed by atoms with E-state index in [4.69, 9.17) is 0 Å². The predicted octanol–water partition coefficient (Wildman–Crippen LogP) is 4.60. The first-order chi connectivity index (χ1) is 15.9. The largest absolute Gasteiger partial charge is 0.368 e. The van der Waals surface area contributed by atoms with E-state index in [9.17, 15) is 9.18 Å². The number of aromatic nitrogens is 2. The maximum atomic E-state index is 13.7. The highest BCUT2D eigenvalue weighted by Crippen LogP contribution is 2.29. The van der Waals surface area contributed by atoms with Gasteiger partial charge in [0.2, 0.25) is 5.91 Å². The summed E-state index contributed by atoms with van der Waals surface area (Å²) in [5.41, 5.74) is 4.90. The Balaban J connectivity index is 1.37. The summed E-state index contributed by atoms with van der Waals surface area (Å²) in [6.45, 7) is 9.44. The Morgan fingerprint density at radius 3 is 2.48 bits per heavy atom. The molecule has 1 fully saturated rings. The van der Waals surface area contributed by atoms with Crippen LogP contribution in [0.1, 0.15) is 16.7 Å². The summed E-state index contributed by atoms with van der Waals surface area (Å²) in [6, 6.07) is 11.1. The van der Waals surface area contributed by atoms with Crippen LogP contribution in [-0.2, 0) is 4.79 Å². The van der Waals surface area contributed by atoms with Gasteiger partial charge in [0.15, 0.2) is 5.82 Å². The molecule has 1 N–H and O–H groups in total. The number of benzene rings is 2. The fraction of sp³-hybridized carbons (Fsp3) is 0.320. The minimum Gasteiger partial charge on any atom is -0.368 e. The zero-order chi connectivity index (χ0) is 23.4. The number of piperazine rings is 1. The van der Waals surface area contributed by atoms with Crippen molar-refractivity contribution in [2.75, 3.05) is 47.0 Å². The first-order valence-electron chi connectivity index (χ1n) is 11.0. The molecule has 8 heteroatoms. The number of thioether (sulfide) groups is 1. The standard InChI is InChI=1S/C25H28FN5OS/c1-17-5-4-6-22(19(17)3)30-11-13-31(14-12-30)24-25(28-10-9-27-24)33-16-23(32)29-20-8-7-18(2)21(26)15-20/h4-10,15H,11-14,16H2,1-3H3,(H,29,32). The van der Waals surface area contributed by atoms with Crippen LogP contribution >= 0.6 is 11.8 Å². The number of carbonyl (C=O) groups excluding carboxylic acids is 1. The lowest BCUT2D eigenvalue weighted by Gasteiger charge is -2.37. The number of carbonyl (C=O) groups is 1. The summed E-state index contributed by atoms with van der Waals surface area (Å²) in [6.07, 6.45) is 3.33. The van der Waals surface area contributed by atoms with Gasteiger partial charge in [0, 0.05) is 49.9 Å². The molecule has 0 unspecified atom stereocenters. The molecule has 1 aliphatic heterocycles. The molecular formula is C25H28FN5OS. The molecule has 0 saturated carbocycles. The van der Waals surface area contributed by atoms with Gasteiger partial charge in [-0.1, -0.05) is 30.0 Å². The molecule has 3 aromatic rings. The topological polar surface area (TPSA) is 61.4 Å². The molecule has 33 heavy (non-hydrogen) atoms. The highest BCUT2D eigenvalue weighted by molar-refractivity contribution is 8.00. The molecule has 2 heterocycles. The van der Waals surface area contributed by atoms with E-state index < -0.39 is 0 Å². The van der Waals surface area contributed by atoms with E-state index in [1.165, 1.54) is 34.6 Å². The minimum absolute atomic E-state index is 0.170. The summed E-state index contributed by atoms with van der Waals surface area (Å²) in [5, 5.41) is 3.47. The lowest BCUT2D eigenvalue weighted by Crippen LogP contribution is -2.47. The average molecular weight is 466 g/mol. The van der Waals surface area contributed by atoms with Crippen molar-refractivity contribution >= 4 is 34.9 Å². The predicted molar refractivity (Wildman–Crippen MR) is 133 cm³/mol. The third-order valence-electron chi connectivity index (χ3n) is 5.94. The number of amides is 1. The zero-order valence-corrected chi connectivity index (χ0v) is 20.0. The molecule has 2 aromatic carbocycles. The van der Waals surface area contributed by atoms with Crippen LogP contribution in [-0.4, -0.2) is 47.8 Å². The van der Waals surface area contributed by atoms with E-state index in [1.807, 2.05) is 0 Å². The van der Waals surface area contributed by atoms with Crippen LogP contribution in [0.15, 0.2) is 53.8 Å². The number of hydrogen-bond donors (Lipinski definition) is 1. The van der Waals surface area contributed by atoms with Gasteiger partial charge in [-0.3, -0.25) is 4.79 Å². The molecule has 1 aliphatic rings. The molecular weight excluding hydrogens is 437 g/mol. The number of nitrogens with one attached hydrogen (secondary N) is 1. The van der Waals surface area contributed by atoms with Crippen molar-refractivity contribution in [2.24, 2.45) is 0 Å². The average Bonchev–Trinajstić information content (AvgIpc) is 2.82. The Bertz CT molecular complexity index is 1150. The van der Waals surface area contributed by atoms with Crippen molar-refractivity contribution in [3.63, 3.8) is 0 Å². The Hall–Kier alpha value is -3.13. The van der Waals surface area contributed by atoms with Crippen LogP contribution in [0.2, 0.25) is 0 Å². The highest BCUT2D eigenvalue weighted by atomic mass is 32.2. The van der Waals surface area contributed by atoms with Gasteiger partial charge in [0.05, 0.1) is 5.75 Å². The maximum absolute atomic E-state index is 13.7. The Labute approximate surface area is 198 Å². The van der Waals surface area contributed by atoms with Gasteiger partial charge in [-0.15, -0.1) is 0 Å². The lowest BCUT2D eigenvalue weighted by molar-refractivity contribution is -0.113. The number of anilines is 3. The van der Waals surface area contributed by atoms with Crippen molar-refractivity contribution in [3.05, 3.63) is 71.3 Å². The van der Waals surface area contributed by atoms with Gasteiger partial charge >= 0.3 is 0 Å². The van der Waals surface area contributed by atoms with Gasteiger partial charge in [0.1, 0.15) is 10.8 Å².